The second-order valence-corrected chi connectivity index (χ2v) is 9.14. The lowest BCUT2D eigenvalue weighted by atomic mass is 9.96. The molecular formula is C26H26N2O5S. The van der Waals surface area contributed by atoms with Crippen molar-refractivity contribution >= 4 is 23.4 Å². The molecule has 1 aliphatic heterocycles. The SMILES string of the molecule is CCOC(=O)C1=C(C)N=c2sc(=Cc3cccc(O)c3)c(=O)n2C1c1ccc(OC(C)C)cc1. The van der Waals surface area contributed by atoms with Crippen LogP contribution in [0.25, 0.3) is 6.08 Å². The van der Waals surface area contributed by atoms with Gasteiger partial charge < -0.3 is 14.6 Å². The zero-order valence-electron chi connectivity index (χ0n) is 19.4. The largest absolute Gasteiger partial charge is 0.508 e. The highest BCUT2D eigenvalue weighted by molar-refractivity contribution is 7.07. The van der Waals surface area contributed by atoms with Crippen molar-refractivity contribution in [3.05, 3.63) is 90.6 Å². The third-order valence-corrected chi connectivity index (χ3v) is 6.24. The van der Waals surface area contributed by atoms with Crippen molar-refractivity contribution < 1.29 is 19.4 Å². The summed E-state index contributed by atoms with van der Waals surface area (Å²) in [6.45, 7) is 7.60. The van der Waals surface area contributed by atoms with Crippen LogP contribution >= 0.6 is 11.3 Å². The number of phenolic OH excluding ortho intramolecular Hbond substituents is 1. The second kappa shape index (κ2) is 9.69. The van der Waals surface area contributed by atoms with E-state index in [1.54, 1.807) is 44.2 Å². The molecule has 176 valence electrons. The van der Waals surface area contributed by atoms with Gasteiger partial charge in [0.25, 0.3) is 5.56 Å². The first kappa shape index (κ1) is 23.5. The number of hydrogen-bond donors (Lipinski definition) is 1. The Bertz CT molecular complexity index is 1430. The van der Waals surface area contributed by atoms with Gasteiger partial charge in [0, 0.05) is 0 Å². The maximum atomic E-state index is 13.6. The molecule has 4 rings (SSSR count). The number of allylic oxidation sites excluding steroid dienone is 1. The molecule has 1 unspecified atom stereocenters. The standard InChI is InChI=1S/C26H26N2O5S/c1-5-32-25(31)22-16(4)27-26-28(23(22)18-9-11-20(12-10-18)33-15(2)3)24(30)21(34-26)14-17-7-6-8-19(29)13-17/h6-15,23,29H,5H2,1-4H3. The molecule has 0 saturated heterocycles. The van der Waals surface area contributed by atoms with Crippen LogP contribution in [-0.2, 0) is 9.53 Å². The van der Waals surface area contributed by atoms with Crippen molar-refractivity contribution in [1.82, 2.24) is 4.57 Å². The van der Waals surface area contributed by atoms with Gasteiger partial charge in [-0.15, -0.1) is 0 Å². The van der Waals surface area contributed by atoms with Crippen LogP contribution in [0.3, 0.4) is 0 Å². The van der Waals surface area contributed by atoms with Crippen LogP contribution in [0, 0.1) is 0 Å². The lowest BCUT2D eigenvalue weighted by Crippen LogP contribution is -2.39. The maximum absolute atomic E-state index is 13.6. The van der Waals surface area contributed by atoms with Crippen LogP contribution in [0.4, 0.5) is 0 Å². The van der Waals surface area contributed by atoms with Gasteiger partial charge in [-0.3, -0.25) is 9.36 Å². The summed E-state index contributed by atoms with van der Waals surface area (Å²) in [5.74, 6) is 0.315. The monoisotopic (exact) mass is 478 g/mol. The molecule has 8 heteroatoms. The summed E-state index contributed by atoms with van der Waals surface area (Å²) in [4.78, 5) is 31.6. The first-order chi connectivity index (χ1) is 16.3. The molecular weight excluding hydrogens is 452 g/mol. The van der Waals surface area contributed by atoms with Crippen LogP contribution < -0.4 is 19.6 Å². The number of phenols is 1. The van der Waals surface area contributed by atoms with Crippen LogP contribution in [0.1, 0.15) is 44.9 Å². The quantitative estimate of drug-likeness (QED) is 0.549. The molecule has 1 aliphatic rings. The number of ether oxygens (including phenoxy) is 2. The summed E-state index contributed by atoms with van der Waals surface area (Å²) in [5, 5.41) is 9.78. The molecule has 0 spiro atoms. The molecule has 7 nitrogen and oxygen atoms in total. The van der Waals surface area contributed by atoms with Gasteiger partial charge in [-0.2, -0.15) is 0 Å². The van der Waals surface area contributed by atoms with Gasteiger partial charge in [-0.1, -0.05) is 35.6 Å². The molecule has 0 aliphatic carbocycles. The Balaban J connectivity index is 1.90. The molecule has 0 bridgehead atoms. The molecule has 0 saturated carbocycles. The summed E-state index contributed by atoms with van der Waals surface area (Å²) in [6, 6.07) is 13.3. The molecule has 1 aromatic heterocycles. The number of benzene rings is 2. The minimum Gasteiger partial charge on any atom is -0.508 e. The second-order valence-electron chi connectivity index (χ2n) is 8.13. The average molecular weight is 479 g/mol. The molecule has 2 heterocycles. The Labute approximate surface area is 200 Å². The number of hydrogen-bond acceptors (Lipinski definition) is 7. The maximum Gasteiger partial charge on any atom is 0.338 e. The van der Waals surface area contributed by atoms with Gasteiger partial charge >= 0.3 is 5.97 Å². The number of aromatic hydroxyl groups is 1. The Hall–Kier alpha value is -3.65. The molecule has 0 radical (unpaired) electrons. The molecule has 0 fully saturated rings. The molecule has 0 amide bonds. The Kier molecular flexibility index (Phi) is 6.70. The average Bonchev–Trinajstić information content (AvgIpc) is 3.07. The van der Waals surface area contributed by atoms with Crippen molar-refractivity contribution in [1.29, 1.82) is 0 Å². The summed E-state index contributed by atoms with van der Waals surface area (Å²) < 4.78 is 13.1. The van der Waals surface area contributed by atoms with E-state index in [0.29, 0.717) is 31.9 Å². The van der Waals surface area contributed by atoms with E-state index in [0.717, 1.165) is 5.56 Å². The van der Waals surface area contributed by atoms with Gasteiger partial charge in [0.15, 0.2) is 4.80 Å². The number of carbonyl (C=O) groups excluding carboxylic acids is 1. The Morgan fingerprint density at radius 1 is 1.24 bits per heavy atom. The van der Waals surface area contributed by atoms with E-state index < -0.39 is 12.0 Å². The van der Waals surface area contributed by atoms with Crippen LogP contribution in [0.5, 0.6) is 11.5 Å². The van der Waals surface area contributed by atoms with Crippen LogP contribution in [0.15, 0.2) is 69.6 Å². The van der Waals surface area contributed by atoms with Gasteiger partial charge in [-0.25, -0.2) is 9.79 Å². The van der Waals surface area contributed by atoms with Crippen molar-refractivity contribution in [2.24, 2.45) is 4.99 Å². The number of rotatable bonds is 6. The number of nitrogens with zero attached hydrogens (tertiary/aromatic N) is 2. The van der Waals surface area contributed by atoms with E-state index in [2.05, 4.69) is 4.99 Å². The summed E-state index contributed by atoms with van der Waals surface area (Å²) in [5.41, 5.74) is 2.01. The number of esters is 1. The third-order valence-electron chi connectivity index (χ3n) is 5.25. The molecule has 1 atom stereocenters. The van der Waals surface area contributed by atoms with E-state index in [-0.39, 0.29) is 24.0 Å². The minimum atomic E-state index is -0.685. The molecule has 2 aromatic carbocycles. The van der Waals surface area contributed by atoms with E-state index in [9.17, 15) is 14.7 Å². The normalized spacial score (nSPS) is 15.8. The Morgan fingerprint density at radius 3 is 2.62 bits per heavy atom. The smallest absolute Gasteiger partial charge is 0.338 e. The highest BCUT2D eigenvalue weighted by Gasteiger charge is 2.33. The third kappa shape index (κ3) is 4.68. The fraction of sp³-hybridized carbons (Fsp3) is 0.269. The number of carbonyl (C=O) groups is 1. The number of aromatic nitrogens is 1. The molecule has 1 N–H and O–H groups in total. The predicted octanol–water partition coefficient (Wildman–Crippen LogP) is 3.29. The van der Waals surface area contributed by atoms with E-state index in [1.165, 1.54) is 15.9 Å². The van der Waals surface area contributed by atoms with E-state index in [1.807, 2.05) is 38.1 Å². The van der Waals surface area contributed by atoms with Gasteiger partial charge in [0.2, 0.25) is 0 Å². The lowest BCUT2D eigenvalue weighted by Gasteiger charge is -2.25. The van der Waals surface area contributed by atoms with Crippen molar-refractivity contribution in [3.63, 3.8) is 0 Å². The van der Waals surface area contributed by atoms with Crippen molar-refractivity contribution in [3.8, 4) is 11.5 Å². The van der Waals surface area contributed by atoms with Crippen molar-refractivity contribution in [2.45, 2.75) is 39.8 Å². The van der Waals surface area contributed by atoms with Gasteiger partial charge in [0.1, 0.15) is 11.5 Å². The fourth-order valence-electron chi connectivity index (χ4n) is 3.87. The minimum absolute atomic E-state index is 0.0261. The first-order valence-corrected chi connectivity index (χ1v) is 11.9. The molecule has 3 aromatic rings. The fourth-order valence-corrected chi connectivity index (χ4v) is 4.92. The summed E-state index contributed by atoms with van der Waals surface area (Å²) in [7, 11) is 0. The highest BCUT2D eigenvalue weighted by Crippen LogP contribution is 2.31. The van der Waals surface area contributed by atoms with Crippen LogP contribution in [-0.4, -0.2) is 28.4 Å². The van der Waals surface area contributed by atoms with Crippen molar-refractivity contribution in [2.75, 3.05) is 6.61 Å². The summed E-state index contributed by atoms with van der Waals surface area (Å²) in [6.07, 6.45) is 1.74. The van der Waals surface area contributed by atoms with E-state index in [4.69, 9.17) is 9.47 Å². The molecule has 34 heavy (non-hydrogen) atoms. The number of fused-ring (bicyclic) bond motifs is 1. The van der Waals surface area contributed by atoms with E-state index >= 15 is 0 Å². The zero-order chi connectivity index (χ0) is 24.4. The van der Waals surface area contributed by atoms with Crippen LogP contribution in [0.2, 0.25) is 0 Å². The van der Waals surface area contributed by atoms with Gasteiger partial charge in [-0.05, 0) is 69.2 Å². The van der Waals surface area contributed by atoms with Gasteiger partial charge in [0.05, 0.1) is 34.6 Å². The number of thiazole rings is 1. The lowest BCUT2D eigenvalue weighted by molar-refractivity contribution is -0.139. The topological polar surface area (TPSA) is 90.1 Å². The Morgan fingerprint density at radius 2 is 1.97 bits per heavy atom. The predicted molar refractivity (Wildman–Crippen MR) is 131 cm³/mol. The highest BCUT2D eigenvalue weighted by atomic mass is 32.1. The zero-order valence-corrected chi connectivity index (χ0v) is 20.3. The summed E-state index contributed by atoms with van der Waals surface area (Å²) >= 11 is 1.24. The first-order valence-electron chi connectivity index (χ1n) is 11.0.